The van der Waals surface area contributed by atoms with Gasteiger partial charge in [-0.2, -0.15) is 0 Å². The molecule has 0 aliphatic rings. The first kappa shape index (κ1) is 13.5. The Morgan fingerprint density at radius 3 is 2.57 bits per heavy atom. The highest BCUT2D eigenvalue weighted by Gasteiger charge is 2.14. The van der Waals surface area contributed by atoms with Gasteiger partial charge in [0.25, 0.3) is 0 Å². The van der Waals surface area contributed by atoms with E-state index >= 15 is 0 Å². The van der Waals surface area contributed by atoms with Gasteiger partial charge >= 0.3 is 0 Å². The van der Waals surface area contributed by atoms with Crippen molar-refractivity contribution in [3.8, 4) is 0 Å². The molecule has 0 saturated carbocycles. The summed E-state index contributed by atoms with van der Waals surface area (Å²) in [7, 11) is 0. The second-order valence-corrected chi connectivity index (χ2v) is 5.07. The lowest BCUT2D eigenvalue weighted by Crippen LogP contribution is -2.15. The number of aromatic nitrogens is 1. The van der Waals surface area contributed by atoms with Gasteiger partial charge in [-0.25, -0.2) is 4.39 Å². The quantitative estimate of drug-likeness (QED) is 0.775. The molecule has 1 unspecified atom stereocenters. The first-order chi connectivity index (χ1) is 10.2. The molecular formula is C17H16FN3. The third-order valence-electron chi connectivity index (χ3n) is 3.69. The predicted molar refractivity (Wildman–Crippen MR) is 83.2 cm³/mol. The first-order valence-electron chi connectivity index (χ1n) is 6.78. The standard InChI is InChI=1S/C17H16FN3/c18-15-6-5-14(12-3-1-2-4-13(12)15)17(20)9-11-10-21-8-7-16(11)19/h1-8,10,17H,9,20H2,(H2,19,21). The predicted octanol–water partition coefficient (Wildman–Crippen LogP) is 3.20. The summed E-state index contributed by atoms with van der Waals surface area (Å²) in [6.45, 7) is 0. The van der Waals surface area contributed by atoms with Gasteiger partial charge in [0.1, 0.15) is 5.82 Å². The molecule has 0 fully saturated rings. The van der Waals surface area contributed by atoms with Gasteiger partial charge in [0.15, 0.2) is 0 Å². The molecule has 0 amide bonds. The minimum atomic E-state index is -0.262. The monoisotopic (exact) mass is 281 g/mol. The minimum absolute atomic E-state index is 0.234. The zero-order chi connectivity index (χ0) is 14.8. The lowest BCUT2D eigenvalue weighted by atomic mass is 9.94. The number of anilines is 1. The number of hydrogen-bond donors (Lipinski definition) is 2. The van der Waals surface area contributed by atoms with Crippen LogP contribution in [0, 0.1) is 5.82 Å². The van der Waals surface area contributed by atoms with E-state index in [1.54, 1.807) is 30.6 Å². The average Bonchev–Trinajstić information content (AvgIpc) is 2.50. The van der Waals surface area contributed by atoms with Crippen LogP contribution in [0.4, 0.5) is 10.1 Å². The molecule has 21 heavy (non-hydrogen) atoms. The topological polar surface area (TPSA) is 64.9 Å². The van der Waals surface area contributed by atoms with Crippen molar-refractivity contribution >= 4 is 16.5 Å². The summed E-state index contributed by atoms with van der Waals surface area (Å²) in [5.74, 6) is -0.234. The second kappa shape index (κ2) is 5.50. The number of fused-ring (bicyclic) bond motifs is 1. The van der Waals surface area contributed by atoms with E-state index < -0.39 is 0 Å². The largest absolute Gasteiger partial charge is 0.398 e. The Balaban J connectivity index is 2.01. The summed E-state index contributed by atoms with van der Waals surface area (Å²) in [5.41, 5.74) is 14.7. The average molecular weight is 281 g/mol. The Labute approximate surface area is 122 Å². The lowest BCUT2D eigenvalue weighted by Gasteiger charge is -2.16. The maximum Gasteiger partial charge on any atom is 0.131 e. The van der Waals surface area contributed by atoms with E-state index in [0.717, 1.165) is 16.5 Å². The van der Waals surface area contributed by atoms with Gasteiger partial charge in [-0.15, -0.1) is 0 Å². The molecule has 4 heteroatoms. The van der Waals surface area contributed by atoms with E-state index in [2.05, 4.69) is 4.98 Å². The molecule has 0 spiro atoms. The molecule has 3 nitrogen and oxygen atoms in total. The molecule has 0 saturated heterocycles. The third kappa shape index (κ3) is 2.58. The highest BCUT2D eigenvalue weighted by molar-refractivity contribution is 5.86. The molecule has 0 aliphatic heterocycles. The number of nitrogens with two attached hydrogens (primary N) is 2. The van der Waals surface area contributed by atoms with Crippen molar-refractivity contribution in [3.05, 3.63) is 71.8 Å². The fourth-order valence-electron chi connectivity index (χ4n) is 2.56. The van der Waals surface area contributed by atoms with Crippen LogP contribution < -0.4 is 11.5 Å². The van der Waals surface area contributed by atoms with E-state index in [-0.39, 0.29) is 11.9 Å². The van der Waals surface area contributed by atoms with Crippen LogP contribution in [0.1, 0.15) is 17.2 Å². The number of nitrogen functional groups attached to an aromatic ring is 1. The summed E-state index contributed by atoms with van der Waals surface area (Å²) < 4.78 is 13.8. The number of hydrogen-bond acceptors (Lipinski definition) is 3. The Bertz CT molecular complexity index is 786. The lowest BCUT2D eigenvalue weighted by molar-refractivity contribution is 0.637. The van der Waals surface area contributed by atoms with Gasteiger partial charge in [-0.05, 0) is 35.1 Å². The summed E-state index contributed by atoms with van der Waals surface area (Å²) in [6.07, 6.45) is 3.94. The normalized spacial score (nSPS) is 12.5. The van der Waals surface area contributed by atoms with E-state index in [1.807, 2.05) is 18.2 Å². The van der Waals surface area contributed by atoms with Crippen LogP contribution in [0.2, 0.25) is 0 Å². The highest BCUT2D eigenvalue weighted by Crippen LogP contribution is 2.28. The molecule has 4 N–H and O–H groups in total. The first-order valence-corrected chi connectivity index (χ1v) is 6.78. The molecule has 1 atom stereocenters. The van der Waals surface area contributed by atoms with Crippen molar-refractivity contribution in [2.24, 2.45) is 5.73 Å². The van der Waals surface area contributed by atoms with Crippen molar-refractivity contribution in [1.29, 1.82) is 0 Å². The van der Waals surface area contributed by atoms with Crippen molar-refractivity contribution in [3.63, 3.8) is 0 Å². The third-order valence-corrected chi connectivity index (χ3v) is 3.69. The Hall–Kier alpha value is -2.46. The van der Waals surface area contributed by atoms with Crippen LogP contribution in [0.25, 0.3) is 10.8 Å². The Morgan fingerprint density at radius 2 is 1.81 bits per heavy atom. The molecule has 0 bridgehead atoms. The van der Waals surface area contributed by atoms with E-state index in [1.165, 1.54) is 6.07 Å². The van der Waals surface area contributed by atoms with Crippen LogP contribution >= 0.6 is 0 Å². The molecule has 1 heterocycles. The molecule has 106 valence electrons. The van der Waals surface area contributed by atoms with Gasteiger partial charge in [-0.1, -0.05) is 30.3 Å². The zero-order valence-electron chi connectivity index (χ0n) is 11.5. The zero-order valence-corrected chi connectivity index (χ0v) is 11.5. The van der Waals surface area contributed by atoms with Gasteiger partial charge in [-0.3, -0.25) is 4.98 Å². The fourth-order valence-corrected chi connectivity index (χ4v) is 2.56. The van der Waals surface area contributed by atoms with Crippen molar-refractivity contribution in [1.82, 2.24) is 4.98 Å². The van der Waals surface area contributed by atoms with Gasteiger partial charge in [0, 0.05) is 29.5 Å². The molecule has 0 aliphatic carbocycles. The van der Waals surface area contributed by atoms with Crippen LogP contribution in [0.5, 0.6) is 0 Å². The molecule has 1 aromatic heterocycles. The number of nitrogens with zero attached hydrogens (tertiary/aromatic N) is 1. The SMILES string of the molecule is Nc1ccncc1CC(N)c1ccc(F)c2ccccc12. The fraction of sp³-hybridized carbons (Fsp3) is 0.118. The maximum atomic E-state index is 13.8. The van der Waals surface area contributed by atoms with Crippen molar-refractivity contribution < 1.29 is 4.39 Å². The minimum Gasteiger partial charge on any atom is -0.398 e. The molecule has 3 aromatic rings. The molecule has 3 rings (SSSR count). The van der Waals surface area contributed by atoms with E-state index in [4.69, 9.17) is 11.5 Å². The van der Waals surface area contributed by atoms with Crippen LogP contribution in [0.15, 0.2) is 54.9 Å². The maximum absolute atomic E-state index is 13.8. The number of pyridine rings is 1. The smallest absolute Gasteiger partial charge is 0.131 e. The van der Waals surface area contributed by atoms with Crippen LogP contribution in [-0.2, 0) is 6.42 Å². The number of rotatable bonds is 3. The van der Waals surface area contributed by atoms with Crippen molar-refractivity contribution in [2.45, 2.75) is 12.5 Å². The Kier molecular flexibility index (Phi) is 3.54. The van der Waals surface area contributed by atoms with E-state index in [0.29, 0.717) is 17.5 Å². The van der Waals surface area contributed by atoms with Crippen LogP contribution in [0.3, 0.4) is 0 Å². The van der Waals surface area contributed by atoms with Gasteiger partial charge < -0.3 is 11.5 Å². The Morgan fingerprint density at radius 1 is 1.05 bits per heavy atom. The molecule has 0 radical (unpaired) electrons. The number of halogens is 1. The molecular weight excluding hydrogens is 265 g/mol. The highest BCUT2D eigenvalue weighted by atomic mass is 19.1. The summed E-state index contributed by atoms with van der Waals surface area (Å²) >= 11 is 0. The van der Waals surface area contributed by atoms with E-state index in [9.17, 15) is 4.39 Å². The summed E-state index contributed by atoms with van der Waals surface area (Å²) in [4.78, 5) is 4.07. The van der Waals surface area contributed by atoms with Gasteiger partial charge in [0.05, 0.1) is 0 Å². The van der Waals surface area contributed by atoms with Crippen LogP contribution in [-0.4, -0.2) is 4.98 Å². The number of benzene rings is 2. The van der Waals surface area contributed by atoms with Gasteiger partial charge in [0.2, 0.25) is 0 Å². The molecule has 2 aromatic carbocycles. The summed E-state index contributed by atoms with van der Waals surface area (Å²) in [6, 6.07) is 12.1. The van der Waals surface area contributed by atoms with Crippen molar-refractivity contribution in [2.75, 3.05) is 5.73 Å². The second-order valence-electron chi connectivity index (χ2n) is 5.07. The summed E-state index contributed by atoms with van der Waals surface area (Å²) in [5, 5.41) is 1.43.